The van der Waals surface area contributed by atoms with Crippen LogP contribution in [0, 0.1) is 0 Å². The molecule has 0 saturated carbocycles. The van der Waals surface area contributed by atoms with Gasteiger partial charge < -0.3 is 0 Å². The van der Waals surface area contributed by atoms with Gasteiger partial charge in [-0.15, -0.1) is 0 Å². The summed E-state index contributed by atoms with van der Waals surface area (Å²) in [7, 11) is 0. The number of aromatic nitrogens is 3. The number of H-pyrrole nitrogens is 1. The van der Waals surface area contributed by atoms with Crippen LogP contribution < -0.4 is 5.69 Å². The molecule has 2 rings (SSSR count). The Morgan fingerprint density at radius 3 is 2.62 bits per heavy atom. The van der Waals surface area contributed by atoms with Gasteiger partial charge >= 0.3 is 5.69 Å². The van der Waals surface area contributed by atoms with E-state index < -0.39 is 0 Å². The Kier molecular flexibility index (Phi) is 2.90. The summed E-state index contributed by atoms with van der Waals surface area (Å²) in [5.41, 5.74) is 1.02. The summed E-state index contributed by atoms with van der Waals surface area (Å²) in [4.78, 5) is 11.5. The topological polar surface area (TPSA) is 50.7 Å². The lowest BCUT2D eigenvalue weighted by Gasteiger charge is -2.08. The maximum atomic E-state index is 11.5. The number of rotatable bonds is 3. The van der Waals surface area contributed by atoms with Crippen molar-refractivity contribution >= 4 is 0 Å². The van der Waals surface area contributed by atoms with Crippen LogP contribution in [-0.4, -0.2) is 14.8 Å². The Morgan fingerprint density at radius 1 is 1.31 bits per heavy atom. The maximum Gasteiger partial charge on any atom is 0.343 e. The van der Waals surface area contributed by atoms with Gasteiger partial charge in [-0.05, 0) is 19.4 Å². The van der Waals surface area contributed by atoms with E-state index in [9.17, 15) is 4.79 Å². The molecule has 4 nitrogen and oxygen atoms in total. The van der Waals surface area contributed by atoms with Gasteiger partial charge in [0.05, 0.1) is 0 Å². The quantitative estimate of drug-likeness (QED) is 0.851. The Morgan fingerprint density at radius 2 is 2.00 bits per heavy atom. The molecule has 2 aromatic rings. The van der Waals surface area contributed by atoms with Crippen molar-refractivity contribution in [3.63, 3.8) is 0 Å². The van der Waals surface area contributed by atoms with Gasteiger partial charge in [-0.2, -0.15) is 5.10 Å². The third-order valence-corrected chi connectivity index (χ3v) is 2.50. The Balaban J connectivity index is 2.32. The number of hydrogen-bond donors (Lipinski definition) is 1. The van der Waals surface area contributed by atoms with E-state index in [2.05, 4.69) is 10.2 Å². The van der Waals surface area contributed by atoms with Gasteiger partial charge in [-0.3, -0.25) is 4.57 Å². The van der Waals surface area contributed by atoms with E-state index in [-0.39, 0.29) is 11.7 Å². The monoisotopic (exact) mass is 217 g/mol. The van der Waals surface area contributed by atoms with Crippen LogP contribution in [-0.2, 0) is 6.42 Å². The SMILES string of the molecule is CC(C)n1c(Cc2ccccc2)n[nH]c1=O. The van der Waals surface area contributed by atoms with Crippen LogP contribution in [0.4, 0.5) is 0 Å². The minimum atomic E-state index is -0.138. The fourth-order valence-electron chi connectivity index (χ4n) is 1.77. The first-order valence-electron chi connectivity index (χ1n) is 5.38. The summed E-state index contributed by atoms with van der Waals surface area (Å²) in [5.74, 6) is 0.784. The van der Waals surface area contributed by atoms with Crippen molar-refractivity contribution in [1.82, 2.24) is 14.8 Å². The highest BCUT2D eigenvalue weighted by atomic mass is 16.1. The molecule has 0 spiro atoms. The molecule has 0 radical (unpaired) electrons. The van der Waals surface area contributed by atoms with Gasteiger partial charge in [-0.25, -0.2) is 9.89 Å². The third kappa shape index (κ3) is 2.05. The highest BCUT2D eigenvalue weighted by Crippen LogP contribution is 2.09. The number of aromatic amines is 1. The molecule has 0 unspecified atom stereocenters. The van der Waals surface area contributed by atoms with Gasteiger partial charge in [0, 0.05) is 12.5 Å². The molecule has 0 saturated heterocycles. The zero-order chi connectivity index (χ0) is 11.5. The highest BCUT2D eigenvalue weighted by Gasteiger charge is 2.11. The third-order valence-electron chi connectivity index (χ3n) is 2.50. The summed E-state index contributed by atoms with van der Waals surface area (Å²) in [6, 6.07) is 10.1. The first-order chi connectivity index (χ1) is 7.68. The summed E-state index contributed by atoms with van der Waals surface area (Å²) < 4.78 is 1.69. The minimum absolute atomic E-state index is 0.130. The molecule has 0 aliphatic heterocycles. The minimum Gasteiger partial charge on any atom is -0.276 e. The number of nitrogens with zero attached hydrogens (tertiary/aromatic N) is 2. The van der Waals surface area contributed by atoms with Crippen LogP contribution in [0.2, 0.25) is 0 Å². The van der Waals surface area contributed by atoms with E-state index in [0.29, 0.717) is 6.42 Å². The van der Waals surface area contributed by atoms with Crippen molar-refractivity contribution in [2.45, 2.75) is 26.3 Å². The highest BCUT2D eigenvalue weighted by molar-refractivity contribution is 5.18. The molecule has 1 heterocycles. The molecule has 0 amide bonds. The van der Waals surface area contributed by atoms with E-state index in [4.69, 9.17) is 0 Å². The van der Waals surface area contributed by atoms with Gasteiger partial charge in [0.2, 0.25) is 0 Å². The Bertz CT molecular complexity index is 511. The van der Waals surface area contributed by atoms with E-state index in [0.717, 1.165) is 11.4 Å². The number of nitrogens with one attached hydrogen (secondary N) is 1. The van der Waals surface area contributed by atoms with Crippen LogP contribution in [0.25, 0.3) is 0 Å². The summed E-state index contributed by atoms with van der Waals surface area (Å²) in [5, 5.41) is 6.55. The molecule has 1 aromatic carbocycles. The molecule has 0 fully saturated rings. The smallest absolute Gasteiger partial charge is 0.276 e. The number of benzene rings is 1. The molecule has 84 valence electrons. The van der Waals surface area contributed by atoms with E-state index in [1.807, 2.05) is 44.2 Å². The molecule has 4 heteroatoms. The van der Waals surface area contributed by atoms with Crippen LogP contribution in [0.3, 0.4) is 0 Å². The van der Waals surface area contributed by atoms with Gasteiger partial charge in [0.25, 0.3) is 0 Å². The lowest BCUT2D eigenvalue weighted by atomic mass is 10.1. The Hall–Kier alpha value is -1.84. The maximum absolute atomic E-state index is 11.5. The second-order valence-corrected chi connectivity index (χ2v) is 4.07. The first kappa shape index (κ1) is 10.7. The molecule has 1 N–H and O–H groups in total. The molecular formula is C12H15N3O. The van der Waals surface area contributed by atoms with Crippen molar-refractivity contribution in [1.29, 1.82) is 0 Å². The zero-order valence-corrected chi connectivity index (χ0v) is 9.47. The van der Waals surface area contributed by atoms with Crippen LogP contribution in [0.1, 0.15) is 31.3 Å². The lowest BCUT2D eigenvalue weighted by Crippen LogP contribution is -2.20. The predicted octanol–water partition coefficient (Wildman–Crippen LogP) is 1.74. The molecule has 1 aromatic heterocycles. The predicted molar refractivity (Wildman–Crippen MR) is 62.5 cm³/mol. The molecule has 0 aliphatic rings. The van der Waals surface area contributed by atoms with Crippen LogP contribution in [0.5, 0.6) is 0 Å². The second kappa shape index (κ2) is 4.35. The van der Waals surface area contributed by atoms with Crippen molar-refractivity contribution in [2.75, 3.05) is 0 Å². The molecular weight excluding hydrogens is 202 g/mol. The van der Waals surface area contributed by atoms with Crippen molar-refractivity contribution in [3.8, 4) is 0 Å². The van der Waals surface area contributed by atoms with Crippen molar-refractivity contribution < 1.29 is 0 Å². The summed E-state index contributed by atoms with van der Waals surface area (Å²) in [6.07, 6.45) is 0.678. The van der Waals surface area contributed by atoms with Gasteiger partial charge in [0.15, 0.2) is 0 Å². The van der Waals surface area contributed by atoms with E-state index in [1.54, 1.807) is 4.57 Å². The van der Waals surface area contributed by atoms with Gasteiger partial charge in [-0.1, -0.05) is 30.3 Å². The standard InChI is InChI=1S/C12H15N3O/c1-9(2)15-11(13-14-12(15)16)8-10-6-4-3-5-7-10/h3-7,9H,8H2,1-2H3,(H,14,16). The lowest BCUT2D eigenvalue weighted by molar-refractivity contribution is 0.557. The zero-order valence-electron chi connectivity index (χ0n) is 9.47. The Labute approximate surface area is 93.9 Å². The van der Waals surface area contributed by atoms with Crippen molar-refractivity contribution in [2.24, 2.45) is 0 Å². The van der Waals surface area contributed by atoms with Crippen LogP contribution >= 0.6 is 0 Å². The van der Waals surface area contributed by atoms with Crippen LogP contribution in [0.15, 0.2) is 35.1 Å². The fraction of sp³-hybridized carbons (Fsp3) is 0.333. The van der Waals surface area contributed by atoms with Gasteiger partial charge in [0.1, 0.15) is 5.82 Å². The van der Waals surface area contributed by atoms with E-state index in [1.165, 1.54) is 0 Å². The molecule has 0 bridgehead atoms. The molecule has 0 aliphatic carbocycles. The summed E-state index contributed by atoms with van der Waals surface area (Å²) in [6.45, 7) is 3.96. The number of hydrogen-bond acceptors (Lipinski definition) is 2. The molecule has 0 atom stereocenters. The average Bonchev–Trinajstić information content (AvgIpc) is 2.61. The molecule has 16 heavy (non-hydrogen) atoms. The van der Waals surface area contributed by atoms with Crippen molar-refractivity contribution in [3.05, 3.63) is 52.2 Å². The largest absolute Gasteiger partial charge is 0.343 e. The first-order valence-corrected chi connectivity index (χ1v) is 5.38. The van der Waals surface area contributed by atoms with E-state index >= 15 is 0 Å². The average molecular weight is 217 g/mol. The second-order valence-electron chi connectivity index (χ2n) is 4.07. The summed E-state index contributed by atoms with van der Waals surface area (Å²) >= 11 is 0. The normalized spacial score (nSPS) is 10.9. The fourth-order valence-corrected chi connectivity index (χ4v) is 1.77.